The summed E-state index contributed by atoms with van der Waals surface area (Å²) in [6, 6.07) is 8.00. The van der Waals surface area contributed by atoms with Gasteiger partial charge in [0.25, 0.3) is 0 Å². The van der Waals surface area contributed by atoms with Gasteiger partial charge >= 0.3 is 0 Å². The van der Waals surface area contributed by atoms with E-state index in [2.05, 4.69) is 15.1 Å². The molecular weight excluding hydrogens is 342 g/mol. The second kappa shape index (κ2) is 10.6. The molecule has 2 saturated heterocycles. The summed E-state index contributed by atoms with van der Waals surface area (Å²) in [4.78, 5) is 17.0. The standard InChI is InChI=1S/C21H33N3O3/c1-26-20-4-2-18(3-5-20)6-9-22-21(25)17-23-10-7-19(8-11-23)16-24-12-14-27-15-13-24/h2-5,19H,6-17H2,1H3,(H,22,25). The molecule has 0 saturated carbocycles. The van der Waals surface area contributed by atoms with Crippen molar-refractivity contribution in [3.63, 3.8) is 0 Å². The number of carbonyl (C=O) groups is 1. The average Bonchev–Trinajstić information content (AvgIpc) is 2.71. The maximum absolute atomic E-state index is 12.2. The van der Waals surface area contributed by atoms with Crippen molar-refractivity contribution in [1.29, 1.82) is 0 Å². The van der Waals surface area contributed by atoms with Gasteiger partial charge in [0.05, 0.1) is 26.9 Å². The lowest BCUT2D eigenvalue weighted by Crippen LogP contribution is -2.45. The molecule has 0 aromatic heterocycles. The van der Waals surface area contributed by atoms with E-state index in [-0.39, 0.29) is 5.91 Å². The molecule has 0 aliphatic carbocycles. The first-order valence-corrected chi connectivity index (χ1v) is 10.1. The van der Waals surface area contributed by atoms with E-state index in [0.29, 0.717) is 13.1 Å². The van der Waals surface area contributed by atoms with Crippen LogP contribution in [0.4, 0.5) is 0 Å². The van der Waals surface area contributed by atoms with Gasteiger partial charge in [-0.05, 0) is 56.0 Å². The third-order valence-corrected chi connectivity index (χ3v) is 5.59. The van der Waals surface area contributed by atoms with Gasteiger partial charge in [0.15, 0.2) is 0 Å². The summed E-state index contributed by atoms with van der Waals surface area (Å²) < 4.78 is 10.6. The van der Waals surface area contributed by atoms with Crippen molar-refractivity contribution < 1.29 is 14.3 Å². The highest BCUT2D eigenvalue weighted by atomic mass is 16.5. The molecule has 6 nitrogen and oxygen atoms in total. The van der Waals surface area contributed by atoms with Crippen LogP contribution in [0, 0.1) is 5.92 Å². The Labute approximate surface area is 162 Å². The number of methoxy groups -OCH3 is 1. The fraction of sp³-hybridized carbons (Fsp3) is 0.667. The molecule has 1 amide bonds. The number of nitrogens with one attached hydrogen (secondary N) is 1. The van der Waals surface area contributed by atoms with Crippen LogP contribution in [-0.2, 0) is 16.0 Å². The molecule has 2 aliphatic rings. The van der Waals surface area contributed by atoms with Gasteiger partial charge in [-0.1, -0.05) is 12.1 Å². The Morgan fingerprint density at radius 1 is 1.11 bits per heavy atom. The van der Waals surface area contributed by atoms with Crippen molar-refractivity contribution in [2.24, 2.45) is 5.92 Å². The lowest BCUT2D eigenvalue weighted by molar-refractivity contribution is -0.122. The average molecular weight is 376 g/mol. The van der Waals surface area contributed by atoms with Gasteiger partial charge in [0.1, 0.15) is 5.75 Å². The molecule has 0 bridgehead atoms. The van der Waals surface area contributed by atoms with Gasteiger partial charge in [-0.25, -0.2) is 0 Å². The first-order valence-electron chi connectivity index (χ1n) is 10.1. The molecule has 1 N–H and O–H groups in total. The van der Waals surface area contributed by atoms with E-state index in [4.69, 9.17) is 9.47 Å². The summed E-state index contributed by atoms with van der Waals surface area (Å²) in [5, 5.41) is 3.05. The number of hydrogen-bond acceptors (Lipinski definition) is 5. The van der Waals surface area contributed by atoms with E-state index in [1.807, 2.05) is 24.3 Å². The molecule has 1 aromatic rings. The molecule has 6 heteroatoms. The van der Waals surface area contributed by atoms with Crippen LogP contribution in [0.1, 0.15) is 18.4 Å². The van der Waals surface area contributed by atoms with Crippen molar-refractivity contribution in [2.45, 2.75) is 19.3 Å². The predicted octanol–water partition coefficient (Wildman–Crippen LogP) is 1.40. The first kappa shape index (κ1) is 20.1. The van der Waals surface area contributed by atoms with E-state index in [1.165, 1.54) is 24.9 Å². The Bertz CT molecular complexity index is 565. The number of nitrogens with zero attached hydrogens (tertiary/aromatic N) is 2. The summed E-state index contributed by atoms with van der Waals surface area (Å²) in [6.45, 7) is 8.32. The smallest absolute Gasteiger partial charge is 0.234 e. The molecule has 1 aromatic carbocycles. The molecule has 0 atom stereocenters. The van der Waals surface area contributed by atoms with Gasteiger partial charge in [-0.15, -0.1) is 0 Å². The van der Waals surface area contributed by atoms with Crippen molar-refractivity contribution in [1.82, 2.24) is 15.1 Å². The minimum atomic E-state index is 0.134. The highest BCUT2D eigenvalue weighted by Crippen LogP contribution is 2.18. The van der Waals surface area contributed by atoms with E-state index >= 15 is 0 Å². The zero-order valence-electron chi connectivity index (χ0n) is 16.5. The van der Waals surface area contributed by atoms with Crippen molar-refractivity contribution in [3.05, 3.63) is 29.8 Å². The second-order valence-electron chi connectivity index (χ2n) is 7.58. The SMILES string of the molecule is COc1ccc(CCNC(=O)CN2CCC(CN3CCOCC3)CC2)cc1. The van der Waals surface area contributed by atoms with Crippen molar-refractivity contribution in [3.8, 4) is 5.75 Å². The molecule has 2 aliphatic heterocycles. The molecule has 2 heterocycles. The van der Waals surface area contributed by atoms with E-state index in [0.717, 1.165) is 57.5 Å². The van der Waals surface area contributed by atoms with Crippen LogP contribution in [0.5, 0.6) is 5.75 Å². The minimum Gasteiger partial charge on any atom is -0.497 e. The maximum Gasteiger partial charge on any atom is 0.234 e. The van der Waals surface area contributed by atoms with E-state index < -0.39 is 0 Å². The number of morpholine rings is 1. The molecule has 3 rings (SSSR count). The van der Waals surface area contributed by atoms with Crippen LogP contribution in [0.2, 0.25) is 0 Å². The molecule has 27 heavy (non-hydrogen) atoms. The lowest BCUT2D eigenvalue weighted by Gasteiger charge is -2.35. The van der Waals surface area contributed by atoms with E-state index in [9.17, 15) is 4.79 Å². The highest BCUT2D eigenvalue weighted by molar-refractivity contribution is 5.78. The molecular formula is C21H33N3O3. The van der Waals surface area contributed by atoms with Gasteiger partial charge in [-0.2, -0.15) is 0 Å². The fourth-order valence-electron chi connectivity index (χ4n) is 3.87. The van der Waals surface area contributed by atoms with Crippen LogP contribution >= 0.6 is 0 Å². The molecule has 150 valence electrons. The number of piperidine rings is 1. The van der Waals surface area contributed by atoms with Crippen molar-refractivity contribution >= 4 is 5.91 Å². The minimum absolute atomic E-state index is 0.134. The zero-order valence-corrected chi connectivity index (χ0v) is 16.5. The summed E-state index contributed by atoms with van der Waals surface area (Å²) in [5.41, 5.74) is 1.21. The largest absolute Gasteiger partial charge is 0.497 e. The topological polar surface area (TPSA) is 54.0 Å². The third kappa shape index (κ3) is 6.79. The maximum atomic E-state index is 12.2. The van der Waals surface area contributed by atoms with Gasteiger partial charge in [-0.3, -0.25) is 14.6 Å². The summed E-state index contributed by atoms with van der Waals surface area (Å²) in [6.07, 6.45) is 3.23. The highest BCUT2D eigenvalue weighted by Gasteiger charge is 2.23. The Morgan fingerprint density at radius 2 is 1.81 bits per heavy atom. The number of amides is 1. The van der Waals surface area contributed by atoms with Gasteiger partial charge < -0.3 is 14.8 Å². The monoisotopic (exact) mass is 375 g/mol. The molecule has 0 unspecified atom stereocenters. The third-order valence-electron chi connectivity index (χ3n) is 5.59. The summed E-state index contributed by atoms with van der Waals surface area (Å²) in [5.74, 6) is 1.76. The Hall–Kier alpha value is -1.63. The molecule has 0 radical (unpaired) electrons. The van der Waals surface area contributed by atoms with Gasteiger partial charge in [0.2, 0.25) is 5.91 Å². The fourth-order valence-corrected chi connectivity index (χ4v) is 3.87. The quantitative estimate of drug-likeness (QED) is 0.744. The normalized spacial score (nSPS) is 19.7. The predicted molar refractivity (Wildman–Crippen MR) is 106 cm³/mol. The first-order chi connectivity index (χ1) is 13.2. The van der Waals surface area contributed by atoms with Crippen LogP contribution in [0.25, 0.3) is 0 Å². The Kier molecular flexibility index (Phi) is 7.93. The zero-order chi connectivity index (χ0) is 18.9. The number of likely N-dealkylation sites (tertiary alicyclic amines) is 1. The summed E-state index contributed by atoms with van der Waals surface area (Å²) in [7, 11) is 1.67. The Balaban J connectivity index is 1.28. The number of rotatable bonds is 8. The van der Waals surface area contributed by atoms with Crippen molar-refractivity contribution in [2.75, 3.05) is 66.1 Å². The number of benzene rings is 1. The lowest BCUT2D eigenvalue weighted by atomic mass is 9.96. The van der Waals surface area contributed by atoms with Gasteiger partial charge in [0, 0.05) is 26.2 Å². The molecule has 2 fully saturated rings. The van der Waals surface area contributed by atoms with Crippen LogP contribution < -0.4 is 10.1 Å². The Morgan fingerprint density at radius 3 is 2.48 bits per heavy atom. The van der Waals surface area contributed by atoms with Crippen LogP contribution in [0.15, 0.2) is 24.3 Å². The molecule has 0 spiro atoms. The number of carbonyl (C=O) groups excluding carboxylic acids is 1. The second-order valence-corrected chi connectivity index (χ2v) is 7.58. The van der Waals surface area contributed by atoms with E-state index in [1.54, 1.807) is 7.11 Å². The summed E-state index contributed by atoms with van der Waals surface area (Å²) >= 11 is 0. The van der Waals surface area contributed by atoms with Crippen LogP contribution in [0.3, 0.4) is 0 Å². The number of ether oxygens (including phenoxy) is 2. The number of hydrogen-bond donors (Lipinski definition) is 1. The van der Waals surface area contributed by atoms with Crippen LogP contribution in [-0.4, -0.2) is 81.8 Å².